The first kappa shape index (κ1) is 23.6. The maximum atomic E-state index is 6.06. The summed E-state index contributed by atoms with van der Waals surface area (Å²) in [5.74, 6) is 0.914. The molecule has 160 valence electrons. The van der Waals surface area contributed by atoms with Crippen LogP contribution in [0.2, 0.25) is 0 Å². The van der Waals surface area contributed by atoms with E-state index in [-0.39, 0.29) is 36.1 Å². The molecule has 7 nitrogen and oxygen atoms in total. The Hall–Kier alpha value is -1.65. The molecule has 2 heterocycles. The molecular formula is C21H33IN6O. The van der Waals surface area contributed by atoms with Crippen LogP contribution >= 0.6 is 24.0 Å². The summed E-state index contributed by atoms with van der Waals surface area (Å²) in [5.41, 5.74) is 3.71. The number of nitrogens with zero attached hydrogens (tertiary/aromatic N) is 5. The Bertz CT molecular complexity index is 806. The summed E-state index contributed by atoms with van der Waals surface area (Å²) < 4.78 is 7.90. The van der Waals surface area contributed by atoms with Gasteiger partial charge in [0, 0.05) is 38.9 Å². The van der Waals surface area contributed by atoms with Gasteiger partial charge in [-0.1, -0.05) is 24.3 Å². The Kier molecular flexibility index (Phi) is 8.91. The summed E-state index contributed by atoms with van der Waals surface area (Å²) in [6.07, 6.45) is 4.06. The highest BCUT2D eigenvalue weighted by Crippen LogP contribution is 2.25. The van der Waals surface area contributed by atoms with Gasteiger partial charge in [0.2, 0.25) is 0 Å². The zero-order chi connectivity index (χ0) is 20.1. The molecule has 1 aromatic heterocycles. The van der Waals surface area contributed by atoms with Crippen LogP contribution < -0.4 is 5.32 Å². The summed E-state index contributed by atoms with van der Waals surface area (Å²) in [6.45, 7) is 5.23. The van der Waals surface area contributed by atoms with Crippen molar-refractivity contribution >= 4 is 29.9 Å². The topological polar surface area (TPSA) is 57.9 Å². The molecule has 1 fully saturated rings. The maximum absolute atomic E-state index is 6.06. The third-order valence-corrected chi connectivity index (χ3v) is 5.30. The van der Waals surface area contributed by atoms with E-state index in [1.807, 2.05) is 25.0 Å². The number of hydrogen-bond acceptors (Lipinski definition) is 4. The van der Waals surface area contributed by atoms with Gasteiger partial charge < -0.3 is 19.9 Å². The summed E-state index contributed by atoms with van der Waals surface area (Å²) in [4.78, 5) is 9.02. The van der Waals surface area contributed by atoms with Crippen LogP contribution in [-0.4, -0.2) is 72.9 Å². The largest absolute Gasteiger partial charge is 0.370 e. The van der Waals surface area contributed by atoms with Crippen LogP contribution in [0, 0.1) is 6.92 Å². The molecule has 0 radical (unpaired) electrons. The molecule has 2 atom stereocenters. The van der Waals surface area contributed by atoms with E-state index in [1.165, 1.54) is 16.7 Å². The average molecular weight is 512 g/mol. The van der Waals surface area contributed by atoms with Crippen LogP contribution in [-0.2, 0) is 11.8 Å². The van der Waals surface area contributed by atoms with Gasteiger partial charge in [0.05, 0.1) is 25.4 Å². The lowest BCUT2D eigenvalue weighted by molar-refractivity contribution is -0.00839. The number of halogens is 1. The second-order valence-corrected chi connectivity index (χ2v) is 7.52. The number of rotatable bonds is 5. The maximum Gasteiger partial charge on any atom is 0.193 e. The molecule has 0 spiro atoms. The second-order valence-electron chi connectivity index (χ2n) is 7.52. The number of benzene rings is 1. The minimum absolute atomic E-state index is 0. The number of guanidine groups is 1. The van der Waals surface area contributed by atoms with Gasteiger partial charge in [0.25, 0.3) is 0 Å². The third-order valence-electron chi connectivity index (χ3n) is 5.30. The van der Waals surface area contributed by atoms with E-state index in [2.05, 4.69) is 76.7 Å². The van der Waals surface area contributed by atoms with Crippen molar-refractivity contribution in [3.05, 3.63) is 53.3 Å². The molecule has 1 N–H and O–H groups in total. The molecule has 0 saturated carbocycles. The second kappa shape index (κ2) is 10.9. The van der Waals surface area contributed by atoms with E-state index in [4.69, 9.17) is 4.74 Å². The zero-order valence-electron chi connectivity index (χ0n) is 18.0. The van der Waals surface area contributed by atoms with Gasteiger partial charge >= 0.3 is 0 Å². The van der Waals surface area contributed by atoms with E-state index in [0.717, 1.165) is 25.6 Å². The van der Waals surface area contributed by atoms with E-state index in [0.29, 0.717) is 6.61 Å². The van der Waals surface area contributed by atoms with Crippen molar-refractivity contribution in [3.8, 4) is 0 Å². The van der Waals surface area contributed by atoms with Gasteiger partial charge in [0.1, 0.15) is 6.10 Å². The van der Waals surface area contributed by atoms with Crippen molar-refractivity contribution in [2.75, 3.05) is 47.4 Å². The number of ether oxygens (including phenoxy) is 1. The summed E-state index contributed by atoms with van der Waals surface area (Å²) >= 11 is 0. The van der Waals surface area contributed by atoms with Crippen LogP contribution in [0.5, 0.6) is 0 Å². The van der Waals surface area contributed by atoms with E-state index >= 15 is 0 Å². The quantitative estimate of drug-likeness (QED) is 0.379. The fourth-order valence-electron chi connectivity index (χ4n) is 3.71. The highest BCUT2D eigenvalue weighted by atomic mass is 127. The number of aromatic nitrogens is 2. The van der Waals surface area contributed by atoms with E-state index in [1.54, 1.807) is 0 Å². The summed E-state index contributed by atoms with van der Waals surface area (Å²) in [7, 11) is 7.97. The fourth-order valence-corrected chi connectivity index (χ4v) is 3.71. The van der Waals surface area contributed by atoms with Crippen LogP contribution in [0.25, 0.3) is 0 Å². The van der Waals surface area contributed by atoms with Gasteiger partial charge in [-0.05, 0) is 32.1 Å². The Morgan fingerprint density at radius 2 is 2.14 bits per heavy atom. The van der Waals surface area contributed by atoms with Gasteiger partial charge in [-0.25, -0.2) is 0 Å². The van der Waals surface area contributed by atoms with Gasteiger partial charge in [-0.15, -0.1) is 24.0 Å². The van der Waals surface area contributed by atoms with Crippen LogP contribution in [0.1, 0.15) is 28.8 Å². The molecule has 1 aliphatic rings. The molecule has 0 aliphatic carbocycles. The lowest BCUT2D eigenvalue weighted by atomic mass is 10.0. The third kappa shape index (κ3) is 5.93. The van der Waals surface area contributed by atoms with E-state index < -0.39 is 0 Å². The first-order chi connectivity index (χ1) is 13.5. The zero-order valence-corrected chi connectivity index (χ0v) is 20.3. The van der Waals surface area contributed by atoms with Gasteiger partial charge in [-0.2, -0.15) is 5.10 Å². The lowest BCUT2D eigenvalue weighted by Gasteiger charge is -2.36. The first-order valence-electron chi connectivity index (χ1n) is 9.77. The van der Waals surface area contributed by atoms with Gasteiger partial charge in [-0.3, -0.25) is 9.67 Å². The van der Waals surface area contributed by atoms with Crippen molar-refractivity contribution in [2.24, 2.45) is 12.0 Å². The van der Waals surface area contributed by atoms with Crippen LogP contribution in [0.3, 0.4) is 0 Å². The van der Waals surface area contributed by atoms with E-state index in [9.17, 15) is 0 Å². The highest BCUT2D eigenvalue weighted by molar-refractivity contribution is 14.0. The normalized spacial score (nSPS) is 18.5. The predicted octanol–water partition coefficient (Wildman–Crippen LogP) is 2.60. The Balaban J connectivity index is 0.00000300. The predicted molar refractivity (Wildman–Crippen MR) is 128 cm³/mol. The fraction of sp³-hybridized carbons (Fsp3) is 0.524. The molecule has 1 saturated heterocycles. The molecule has 0 amide bonds. The first-order valence-corrected chi connectivity index (χ1v) is 9.77. The molecule has 1 aliphatic heterocycles. The number of aryl methyl sites for hydroxylation is 2. The molecular weight excluding hydrogens is 479 g/mol. The number of hydrogen-bond donors (Lipinski definition) is 1. The molecule has 1 aromatic carbocycles. The van der Waals surface area contributed by atoms with Crippen molar-refractivity contribution in [2.45, 2.75) is 19.1 Å². The van der Waals surface area contributed by atoms with Gasteiger partial charge in [0.15, 0.2) is 5.96 Å². The van der Waals surface area contributed by atoms with Crippen molar-refractivity contribution in [3.63, 3.8) is 0 Å². The molecule has 8 heteroatoms. The molecule has 2 aromatic rings. The standard InChI is InChI=1S/C21H32N6O.HI/c1-16-8-6-7-9-18(16)20-15-27(10-11-28-20)21(22-2)23-13-19(25(3)4)17-12-24-26(5)14-17;/h6-9,12,14,19-20H,10-11,13,15H2,1-5H3,(H,22,23);1H. The molecule has 2 unspecified atom stereocenters. The van der Waals surface area contributed by atoms with Crippen molar-refractivity contribution in [1.29, 1.82) is 0 Å². The smallest absolute Gasteiger partial charge is 0.193 e. The number of nitrogens with one attached hydrogen (secondary N) is 1. The monoisotopic (exact) mass is 512 g/mol. The SMILES string of the molecule is CN=C(NCC(c1cnn(C)c1)N(C)C)N1CCOC(c2ccccc2C)C1.I. The lowest BCUT2D eigenvalue weighted by Crippen LogP contribution is -2.49. The minimum atomic E-state index is 0. The molecule has 0 bridgehead atoms. The Labute approximate surface area is 191 Å². The van der Waals surface area contributed by atoms with Crippen LogP contribution in [0.15, 0.2) is 41.7 Å². The average Bonchev–Trinajstić information content (AvgIpc) is 3.11. The number of morpholine rings is 1. The Morgan fingerprint density at radius 1 is 1.38 bits per heavy atom. The van der Waals surface area contributed by atoms with Crippen molar-refractivity contribution in [1.82, 2.24) is 24.9 Å². The van der Waals surface area contributed by atoms with Crippen molar-refractivity contribution < 1.29 is 4.74 Å². The number of aliphatic imine (C=N–C) groups is 1. The molecule has 3 rings (SSSR count). The molecule has 29 heavy (non-hydrogen) atoms. The minimum Gasteiger partial charge on any atom is -0.370 e. The summed E-state index contributed by atoms with van der Waals surface area (Å²) in [6, 6.07) is 8.66. The Morgan fingerprint density at radius 3 is 2.76 bits per heavy atom. The summed E-state index contributed by atoms with van der Waals surface area (Å²) in [5, 5.41) is 7.87. The number of likely N-dealkylation sites (N-methyl/N-ethyl adjacent to an activating group) is 1. The van der Waals surface area contributed by atoms with Crippen LogP contribution in [0.4, 0.5) is 0 Å². The highest BCUT2D eigenvalue weighted by Gasteiger charge is 2.26.